The number of nitrogens with zero attached hydrogens (tertiary/aromatic N) is 2. The summed E-state index contributed by atoms with van der Waals surface area (Å²) in [4.78, 5) is 29.6. The van der Waals surface area contributed by atoms with Crippen LogP contribution in [0.1, 0.15) is 29.2 Å². The molecule has 0 aliphatic carbocycles. The van der Waals surface area contributed by atoms with Crippen LogP contribution in [0, 0.1) is 13.8 Å². The molecule has 4 aromatic rings. The smallest absolute Gasteiger partial charge is 0.264 e. The second-order valence-electron chi connectivity index (χ2n) is 10.7. The SMILES string of the molecule is CCNC(=O)C(Cc1ccccc1)N(Cc1cccc(OC)c1)C(=O)CN(c1cc(Cl)ccc1C)S(=O)(=O)c1ccc(C)cc1. The molecule has 2 amide bonds. The second kappa shape index (κ2) is 15.1. The number of carbonyl (C=O) groups is 2. The fraction of sp³-hybridized carbons (Fsp3) is 0.257. The number of methoxy groups -OCH3 is 1. The van der Waals surface area contributed by atoms with Gasteiger partial charge in [-0.2, -0.15) is 0 Å². The number of likely N-dealkylation sites (N-methyl/N-ethyl adjacent to an activating group) is 1. The first-order chi connectivity index (χ1) is 21.5. The number of carbonyl (C=O) groups excluding carboxylic acids is 2. The van der Waals surface area contributed by atoms with Gasteiger partial charge in [0.1, 0.15) is 18.3 Å². The van der Waals surface area contributed by atoms with Crippen LogP contribution in [0.4, 0.5) is 5.69 Å². The fourth-order valence-electron chi connectivity index (χ4n) is 5.02. The predicted octanol–water partition coefficient (Wildman–Crippen LogP) is 5.94. The van der Waals surface area contributed by atoms with E-state index in [1.165, 1.54) is 23.1 Å². The molecule has 0 saturated heterocycles. The van der Waals surface area contributed by atoms with Gasteiger partial charge in [0.2, 0.25) is 11.8 Å². The van der Waals surface area contributed by atoms with Crippen LogP contribution in [0.5, 0.6) is 5.75 Å². The molecule has 10 heteroatoms. The van der Waals surface area contributed by atoms with Crippen molar-refractivity contribution >= 4 is 39.1 Å². The number of benzene rings is 4. The molecule has 0 bridgehead atoms. The molecule has 4 aromatic carbocycles. The van der Waals surface area contributed by atoms with E-state index in [-0.39, 0.29) is 29.5 Å². The lowest BCUT2D eigenvalue weighted by atomic mass is 10.0. The van der Waals surface area contributed by atoms with Gasteiger partial charge in [0.05, 0.1) is 17.7 Å². The highest BCUT2D eigenvalue weighted by atomic mass is 35.5. The number of hydrogen-bond acceptors (Lipinski definition) is 5. The Kier molecular flexibility index (Phi) is 11.3. The number of aryl methyl sites for hydroxylation is 2. The Morgan fingerprint density at radius 1 is 0.889 bits per heavy atom. The van der Waals surface area contributed by atoms with Crippen LogP contribution in [0.2, 0.25) is 5.02 Å². The van der Waals surface area contributed by atoms with Gasteiger partial charge in [-0.3, -0.25) is 13.9 Å². The Labute approximate surface area is 270 Å². The fourth-order valence-corrected chi connectivity index (χ4v) is 6.65. The molecule has 236 valence electrons. The van der Waals surface area contributed by atoms with Gasteiger partial charge in [-0.25, -0.2) is 8.42 Å². The molecule has 0 saturated carbocycles. The zero-order chi connectivity index (χ0) is 32.6. The average molecular weight is 648 g/mol. The van der Waals surface area contributed by atoms with E-state index in [2.05, 4.69) is 5.32 Å². The maximum atomic E-state index is 14.5. The lowest BCUT2D eigenvalue weighted by Gasteiger charge is -2.34. The lowest BCUT2D eigenvalue weighted by molar-refractivity contribution is -0.140. The first-order valence-corrected chi connectivity index (χ1v) is 16.4. The second-order valence-corrected chi connectivity index (χ2v) is 13.0. The number of hydrogen-bond donors (Lipinski definition) is 1. The van der Waals surface area contributed by atoms with Gasteiger partial charge in [-0.1, -0.05) is 77.8 Å². The van der Waals surface area contributed by atoms with Crippen molar-refractivity contribution in [1.82, 2.24) is 10.2 Å². The zero-order valence-corrected chi connectivity index (χ0v) is 27.4. The number of anilines is 1. The molecular weight excluding hydrogens is 610 g/mol. The van der Waals surface area contributed by atoms with Crippen molar-refractivity contribution < 1.29 is 22.7 Å². The Morgan fingerprint density at radius 2 is 1.58 bits per heavy atom. The summed E-state index contributed by atoms with van der Waals surface area (Å²) in [6.45, 7) is 5.27. The summed E-state index contributed by atoms with van der Waals surface area (Å²) >= 11 is 6.35. The molecule has 1 unspecified atom stereocenters. The van der Waals surface area contributed by atoms with Crippen molar-refractivity contribution in [2.24, 2.45) is 0 Å². The van der Waals surface area contributed by atoms with Crippen LogP contribution in [0.3, 0.4) is 0 Å². The minimum absolute atomic E-state index is 0.0317. The molecule has 0 aliphatic rings. The number of halogens is 1. The third-order valence-corrected chi connectivity index (χ3v) is 9.45. The van der Waals surface area contributed by atoms with E-state index in [0.29, 0.717) is 22.9 Å². The van der Waals surface area contributed by atoms with E-state index in [4.69, 9.17) is 16.3 Å². The summed E-state index contributed by atoms with van der Waals surface area (Å²) in [5, 5.41) is 3.19. The first kappa shape index (κ1) is 33.6. The van der Waals surface area contributed by atoms with Crippen LogP contribution in [0.25, 0.3) is 0 Å². The van der Waals surface area contributed by atoms with E-state index < -0.39 is 28.5 Å². The summed E-state index contributed by atoms with van der Waals surface area (Å²) in [6, 6.07) is 27.0. The third-order valence-electron chi connectivity index (χ3n) is 7.44. The highest BCUT2D eigenvalue weighted by Crippen LogP contribution is 2.30. The van der Waals surface area contributed by atoms with Crippen LogP contribution < -0.4 is 14.4 Å². The molecule has 0 aliphatic heterocycles. The van der Waals surface area contributed by atoms with E-state index in [1.807, 2.05) is 50.2 Å². The average Bonchev–Trinajstić information content (AvgIpc) is 3.03. The summed E-state index contributed by atoms with van der Waals surface area (Å²) in [5.41, 5.74) is 3.36. The first-order valence-electron chi connectivity index (χ1n) is 14.6. The lowest BCUT2D eigenvalue weighted by Crippen LogP contribution is -2.53. The number of nitrogens with one attached hydrogen (secondary N) is 1. The number of amides is 2. The molecule has 4 rings (SSSR count). The van der Waals surface area contributed by atoms with Crippen molar-refractivity contribution in [3.05, 3.63) is 124 Å². The molecule has 0 spiro atoms. The van der Waals surface area contributed by atoms with Crippen molar-refractivity contribution in [2.75, 3.05) is 24.5 Å². The van der Waals surface area contributed by atoms with Crippen LogP contribution in [-0.4, -0.2) is 51.4 Å². The summed E-state index contributed by atoms with van der Waals surface area (Å²) in [7, 11) is -2.68. The molecule has 8 nitrogen and oxygen atoms in total. The normalized spacial score (nSPS) is 11.8. The van der Waals surface area contributed by atoms with Crippen LogP contribution in [0.15, 0.2) is 102 Å². The van der Waals surface area contributed by atoms with Crippen molar-refractivity contribution in [3.63, 3.8) is 0 Å². The van der Waals surface area contributed by atoms with Gasteiger partial charge in [0, 0.05) is 24.5 Å². The Bertz CT molecular complexity index is 1730. The largest absolute Gasteiger partial charge is 0.497 e. The zero-order valence-electron chi connectivity index (χ0n) is 25.9. The summed E-state index contributed by atoms with van der Waals surface area (Å²) in [5.74, 6) is -0.305. The van der Waals surface area contributed by atoms with Gasteiger partial charge < -0.3 is 15.0 Å². The summed E-state index contributed by atoms with van der Waals surface area (Å²) in [6.07, 6.45) is 0.225. The van der Waals surface area contributed by atoms with Crippen molar-refractivity contribution in [3.8, 4) is 5.75 Å². The van der Waals surface area contributed by atoms with Crippen molar-refractivity contribution in [2.45, 2.75) is 44.7 Å². The standard InChI is InChI=1S/C35H38ClN3O5S/c1-5-37-35(41)33(21-27-10-7-6-8-11-27)38(23-28-12-9-13-30(20-28)44-4)34(40)24-39(32-22-29(36)17-16-26(32)3)45(42,43)31-18-14-25(2)15-19-31/h6-20,22,33H,5,21,23-24H2,1-4H3,(H,37,41). The molecule has 0 fully saturated rings. The van der Waals surface area contributed by atoms with Gasteiger partial charge in [0.25, 0.3) is 10.0 Å². The van der Waals surface area contributed by atoms with Gasteiger partial charge in [-0.15, -0.1) is 0 Å². The van der Waals surface area contributed by atoms with E-state index >= 15 is 0 Å². The predicted molar refractivity (Wildman–Crippen MR) is 178 cm³/mol. The Morgan fingerprint density at radius 3 is 2.24 bits per heavy atom. The van der Waals surface area contributed by atoms with E-state index in [1.54, 1.807) is 56.5 Å². The highest BCUT2D eigenvalue weighted by molar-refractivity contribution is 7.92. The van der Waals surface area contributed by atoms with Gasteiger partial charge in [0.15, 0.2) is 0 Å². The molecule has 0 radical (unpaired) electrons. The molecule has 1 atom stereocenters. The summed E-state index contributed by atoms with van der Waals surface area (Å²) < 4.78 is 34.9. The van der Waals surface area contributed by atoms with Gasteiger partial charge in [-0.05, 0) is 73.9 Å². The Hall–Kier alpha value is -4.34. The number of rotatable bonds is 13. The van der Waals surface area contributed by atoms with Crippen LogP contribution in [-0.2, 0) is 32.6 Å². The molecular formula is C35H38ClN3O5S. The molecule has 45 heavy (non-hydrogen) atoms. The topological polar surface area (TPSA) is 96.0 Å². The van der Waals surface area contributed by atoms with E-state index in [0.717, 1.165) is 21.0 Å². The molecule has 0 aromatic heterocycles. The number of sulfonamides is 1. The van der Waals surface area contributed by atoms with Crippen LogP contribution >= 0.6 is 11.6 Å². The third kappa shape index (κ3) is 8.44. The maximum Gasteiger partial charge on any atom is 0.264 e. The quantitative estimate of drug-likeness (QED) is 0.194. The maximum absolute atomic E-state index is 14.5. The highest BCUT2D eigenvalue weighted by Gasteiger charge is 2.35. The Balaban J connectivity index is 1.83. The number of ether oxygens (including phenoxy) is 1. The van der Waals surface area contributed by atoms with Crippen molar-refractivity contribution in [1.29, 1.82) is 0 Å². The molecule has 0 heterocycles. The van der Waals surface area contributed by atoms with E-state index in [9.17, 15) is 18.0 Å². The minimum atomic E-state index is -4.23. The minimum Gasteiger partial charge on any atom is -0.497 e. The molecule has 1 N–H and O–H groups in total. The van der Waals surface area contributed by atoms with Gasteiger partial charge >= 0.3 is 0 Å². The monoisotopic (exact) mass is 647 g/mol.